The molecule has 0 unspecified atom stereocenters. The van der Waals surface area contributed by atoms with Crippen molar-refractivity contribution in [1.82, 2.24) is 9.88 Å². The third-order valence-electron chi connectivity index (χ3n) is 4.15. The van der Waals surface area contributed by atoms with Crippen molar-refractivity contribution in [2.75, 3.05) is 31.1 Å². The van der Waals surface area contributed by atoms with E-state index in [1.165, 1.54) is 6.07 Å². The molecule has 0 aromatic carbocycles. The van der Waals surface area contributed by atoms with Gasteiger partial charge in [-0.3, -0.25) is 4.79 Å². The molecule has 3 heterocycles. The fraction of sp³-hybridized carbons (Fsp3) is 0.412. The molecule has 25 heavy (non-hydrogen) atoms. The van der Waals surface area contributed by atoms with E-state index in [1.807, 2.05) is 27.3 Å². The second-order valence-corrected chi connectivity index (χ2v) is 6.91. The minimum absolute atomic E-state index is 0.0877. The van der Waals surface area contributed by atoms with E-state index in [0.717, 1.165) is 23.6 Å². The third kappa shape index (κ3) is 4.50. The Hall–Kier alpha value is -2.09. The molecule has 1 saturated heterocycles. The lowest BCUT2D eigenvalue weighted by molar-refractivity contribution is -0.137. The van der Waals surface area contributed by atoms with Crippen LogP contribution in [-0.4, -0.2) is 42.0 Å². The Labute approximate surface area is 147 Å². The van der Waals surface area contributed by atoms with Crippen LogP contribution in [0.1, 0.15) is 16.9 Å². The average Bonchev–Trinajstić information content (AvgIpc) is 2.95. The van der Waals surface area contributed by atoms with Gasteiger partial charge < -0.3 is 9.80 Å². The van der Waals surface area contributed by atoms with Crippen LogP contribution >= 0.6 is 11.3 Å². The van der Waals surface area contributed by atoms with Crippen LogP contribution in [0.2, 0.25) is 0 Å². The molecule has 8 heteroatoms. The summed E-state index contributed by atoms with van der Waals surface area (Å²) in [6.45, 7) is 2.43. The maximum Gasteiger partial charge on any atom is 0.417 e. The van der Waals surface area contributed by atoms with Crippen LogP contribution in [0.25, 0.3) is 0 Å². The number of thiophene rings is 1. The highest BCUT2D eigenvalue weighted by molar-refractivity contribution is 7.10. The van der Waals surface area contributed by atoms with Crippen LogP contribution in [0.15, 0.2) is 35.8 Å². The largest absolute Gasteiger partial charge is 0.417 e. The van der Waals surface area contributed by atoms with E-state index in [1.54, 1.807) is 11.3 Å². The normalized spacial score (nSPS) is 16.0. The first kappa shape index (κ1) is 17.7. The summed E-state index contributed by atoms with van der Waals surface area (Å²) in [5, 5.41) is 1.95. The number of nitrogens with zero attached hydrogens (tertiary/aromatic N) is 3. The van der Waals surface area contributed by atoms with E-state index < -0.39 is 11.7 Å². The van der Waals surface area contributed by atoms with Crippen LogP contribution in [-0.2, 0) is 17.4 Å². The van der Waals surface area contributed by atoms with E-state index in [0.29, 0.717) is 38.4 Å². The van der Waals surface area contributed by atoms with Gasteiger partial charge >= 0.3 is 6.18 Å². The summed E-state index contributed by atoms with van der Waals surface area (Å²) in [5.41, 5.74) is -0.751. The van der Waals surface area contributed by atoms with Gasteiger partial charge in [0.15, 0.2) is 0 Å². The van der Waals surface area contributed by atoms with Gasteiger partial charge in [0.25, 0.3) is 0 Å². The zero-order valence-electron chi connectivity index (χ0n) is 13.5. The van der Waals surface area contributed by atoms with E-state index in [9.17, 15) is 18.0 Å². The first-order chi connectivity index (χ1) is 11.9. The van der Waals surface area contributed by atoms with Crippen molar-refractivity contribution < 1.29 is 18.0 Å². The molecule has 1 amide bonds. The highest BCUT2D eigenvalue weighted by Gasteiger charge is 2.31. The predicted octanol–water partition coefficient (Wildman–Crippen LogP) is 3.44. The minimum Gasteiger partial charge on any atom is -0.355 e. The molecule has 0 spiro atoms. The first-order valence-corrected chi connectivity index (χ1v) is 8.90. The third-order valence-corrected chi connectivity index (χ3v) is 5.03. The molecule has 0 bridgehead atoms. The molecule has 2 aromatic heterocycles. The summed E-state index contributed by atoms with van der Waals surface area (Å²) in [4.78, 5) is 21.1. The number of alkyl halides is 3. The molecule has 4 nitrogen and oxygen atoms in total. The summed E-state index contributed by atoms with van der Waals surface area (Å²) in [6, 6.07) is 6.31. The topological polar surface area (TPSA) is 36.4 Å². The van der Waals surface area contributed by atoms with Crippen molar-refractivity contribution >= 4 is 23.1 Å². The summed E-state index contributed by atoms with van der Waals surface area (Å²) in [5.74, 6) is 0.602. The van der Waals surface area contributed by atoms with E-state index in [-0.39, 0.29) is 5.91 Å². The summed E-state index contributed by atoms with van der Waals surface area (Å²) < 4.78 is 37.9. The Morgan fingerprint density at radius 2 is 2.00 bits per heavy atom. The fourth-order valence-corrected chi connectivity index (χ4v) is 3.51. The standard InChI is InChI=1S/C17H18F3N3OS/c18-17(19,20)13-4-5-15(21-12-13)22-6-2-7-23(9-8-22)16(24)11-14-3-1-10-25-14/h1,3-5,10,12H,2,6-9,11H2. The number of hydrogen-bond donors (Lipinski definition) is 0. The summed E-state index contributed by atoms with van der Waals surface area (Å²) >= 11 is 1.56. The molecular weight excluding hydrogens is 351 g/mol. The molecule has 0 atom stereocenters. The van der Waals surface area contributed by atoms with Gasteiger partial charge in [0, 0.05) is 37.3 Å². The lowest BCUT2D eigenvalue weighted by atomic mass is 10.2. The van der Waals surface area contributed by atoms with Crippen LogP contribution in [0.3, 0.4) is 0 Å². The lowest BCUT2D eigenvalue weighted by Gasteiger charge is -2.23. The number of rotatable bonds is 3. The molecule has 1 aliphatic rings. The number of hydrogen-bond acceptors (Lipinski definition) is 4. The van der Waals surface area contributed by atoms with E-state index >= 15 is 0 Å². The van der Waals surface area contributed by atoms with Gasteiger partial charge in [-0.1, -0.05) is 6.07 Å². The van der Waals surface area contributed by atoms with Crippen LogP contribution < -0.4 is 4.90 Å². The number of halogens is 3. The Kier molecular flexibility index (Phi) is 5.27. The maximum atomic E-state index is 12.6. The second-order valence-electron chi connectivity index (χ2n) is 5.88. The van der Waals surface area contributed by atoms with Crippen molar-refractivity contribution in [2.24, 2.45) is 0 Å². The number of carbonyl (C=O) groups is 1. The Morgan fingerprint density at radius 1 is 1.16 bits per heavy atom. The van der Waals surface area contributed by atoms with Gasteiger partial charge in [0.05, 0.1) is 12.0 Å². The number of amides is 1. The molecule has 1 fully saturated rings. The molecule has 0 aliphatic carbocycles. The minimum atomic E-state index is -4.38. The van der Waals surface area contributed by atoms with E-state index in [4.69, 9.17) is 0 Å². The van der Waals surface area contributed by atoms with Crippen molar-refractivity contribution in [3.63, 3.8) is 0 Å². The van der Waals surface area contributed by atoms with Crippen LogP contribution in [0, 0.1) is 0 Å². The van der Waals surface area contributed by atoms with E-state index in [2.05, 4.69) is 4.98 Å². The quantitative estimate of drug-likeness (QED) is 0.832. The SMILES string of the molecule is O=C(Cc1cccs1)N1CCCN(c2ccc(C(F)(F)F)cn2)CC1. The fourth-order valence-electron chi connectivity index (χ4n) is 2.81. The lowest BCUT2D eigenvalue weighted by Crippen LogP contribution is -2.36. The number of pyridine rings is 1. The number of aromatic nitrogens is 1. The van der Waals surface area contributed by atoms with Gasteiger partial charge in [0.1, 0.15) is 5.82 Å². The highest BCUT2D eigenvalue weighted by atomic mass is 32.1. The Morgan fingerprint density at radius 3 is 2.64 bits per heavy atom. The van der Waals surface area contributed by atoms with Gasteiger partial charge in [-0.15, -0.1) is 11.3 Å². The predicted molar refractivity (Wildman–Crippen MR) is 90.7 cm³/mol. The molecule has 2 aromatic rings. The van der Waals surface area contributed by atoms with Crippen LogP contribution in [0.5, 0.6) is 0 Å². The Bertz CT molecular complexity index is 701. The summed E-state index contributed by atoms with van der Waals surface area (Å²) in [7, 11) is 0. The highest BCUT2D eigenvalue weighted by Crippen LogP contribution is 2.29. The molecule has 0 saturated carbocycles. The zero-order valence-corrected chi connectivity index (χ0v) is 14.3. The molecule has 1 aliphatic heterocycles. The second kappa shape index (κ2) is 7.43. The van der Waals surface area contributed by atoms with Crippen molar-refractivity contribution in [1.29, 1.82) is 0 Å². The molecule has 134 valence electrons. The molecule has 0 N–H and O–H groups in total. The maximum absolute atomic E-state index is 12.6. The van der Waals surface area contributed by atoms with Crippen molar-refractivity contribution in [3.8, 4) is 0 Å². The number of carbonyl (C=O) groups excluding carboxylic acids is 1. The van der Waals surface area contributed by atoms with Crippen molar-refractivity contribution in [2.45, 2.75) is 19.0 Å². The number of anilines is 1. The monoisotopic (exact) mass is 369 g/mol. The van der Waals surface area contributed by atoms with Crippen LogP contribution in [0.4, 0.5) is 19.0 Å². The Balaban J connectivity index is 1.60. The average molecular weight is 369 g/mol. The van der Waals surface area contributed by atoms with Gasteiger partial charge in [-0.05, 0) is 30.0 Å². The molecular formula is C17H18F3N3OS. The van der Waals surface area contributed by atoms with Gasteiger partial charge in [0.2, 0.25) is 5.91 Å². The molecule has 0 radical (unpaired) electrons. The smallest absolute Gasteiger partial charge is 0.355 e. The zero-order chi connectivity index (χ0) is 17.9. The van der Waals surface area contributed by atoms with Gasteiger partial charge in [-0.25, -0.2) is 4.98 Å². The first-order valence-electron chi connectivity index (χ1n) is 8.02. The summed E-state index contributed by atoms with van der Waals surface area (Å²) in [6.07, 6.45) is -2.36. The molecule has 3 rings (SSSR count). The van der Waals surface area contributed by atoms with Crippen molar-refractivity contribution in [3.05, 3.63) is 46.3 Å². The van der Waals surface area contributed by atoms with Gasteiger partial charge in [-0.2, -0.15) is 13.2 Å².